The molecule has 1 saturated heterocycles. The molecule has 0 aromatic heterocycles. The molecular formula is C10H12F3NO2. The smallest absolute Gasteiger partial charge is 0.389 e. The number of nitrogens with one attached hydrogen (secondary N) is 1. The van der Waals surface area contributed by atoms with Crippen molar-refractivity contribution in [3.05, 3.63) is 0 Å². The van der Waals surface area contributed by atoms with E-state index in [4.69, 9.17) is 0 Å². The fourth-order valence-electron chi connectivity index (χ4n) is 2.09. The summed E-state index contributed by atoms with van der Waals surface area (Å²) in [5.74, 6) is 2.37. The van der Waals surface area contributed by atoms with Crippen LogP contribution in [0.4, 0.5) is 13.2 Å². The zero-order chi connectivity index (χ0) is 12.0. The second-order valence-electron chi connectivity index (χ2n) is 4.34. The van der Waals surface area contributed by atoms with E-state index in [2.05, 4.69) is 5.32 Å². The van der Waals surface area contributed by atoms with Crippen molar-refractivity contribution in [3.8, 4) is 11.8 Å². The molecule has 1 aliphatic heterocycles. The van der Waals surface area contributed by atoms with E-state index in [0.717, 1.165) is 0 Å². The summed E-state index contributed by atoms with van der Waals surface area (Å²) in [6, 6.07) is 0. The van der Waals surface area contributed by atoms with Crippen molar-refractivity contribution in [2.45, 2.75) is 36.8 Å². The summed E-state index contributed by atoms with van der Waals surface area (Å²) in [6.45, 7) is 0.200. The summed E-state index contributed by atoms with van der Waals surface area (Å²) in [4.78, 5) is 0. The molecule has 1 aliphatic carbocycles. The number of aliphatic hydroxyl groups excluding tert-OH is 2. The van der Waals surface area contributed by atoms with Gasteiger partial charge in [0.05, 0.1) is 18.1 Å². The number of piperidine rings is 1. The quantitative estimate of drug-likeness (QED) is 0.519. The van der Waals surface area contributed by atoms with E-state index in [0.29, 0.717) is 12.8 Å². The van der Waals surface area contributed by atoms with Gasteiger partial charge in [-0.25, -0.2) is 0 Å². The normalized spacial score (nSPS) is 36.7. The van der Waals surface area contributed by atoms with Gasteiger partial charge in [0.1, 0.15) is 0 Å². The summed E-state index contributed by atoms with van der Waals surface area (Å²) >= 11 is 0. The van der Waals surface area contributed by atoms with Crippen LogP contribution in [0.25, 0.3) is 0 Å². The molecule has 3 N–H and O–H groups in total. The molecule has 1 saturated carbocycles. The van der Waals surface area contributed by atoms with Gasteiger partial charge in [0.15, 0.2) is 0 Å². The zero-order valence-electron chi connectivity index (χ0n) is 8.38. The maximum Gasteiger partial charge on any atom is 0.457 e. The average Bonchev–Trinajstić information content (AvgIpc) is 2.92. The van der Waals surface area contributed by atoms with E-state index in [1.807, 2.05) is 5.92 Å². The van der Waals surface area contributed by atoms with Gasteiger partial charge in [0.25, 0.3) is 0 Å². The minimum absolute atomic E-state index is 0.200. The fourth-order valence-corrected chi connectivity index (χ4v) is 2.09. The van der Waals surface area contributed by atoms with Gasteiger partial charge in [0.2, 0.25) is 0 Å². The van der Waals surface area contributed by atoms with Crippen molar-refractivity contribution in [1.29, 1.82) is 0 Å². The molecule has 2 rings (SSSR count). The van der Waals surface area contributed by atoms with Crippen LogP contribution in [0.15, 0.2) is 0 Å². The highest BCUT2D eigenvalue weighted by molar-refractivity contribution is 5.24. The van der Waals surface area contributed by atoms with Crippen molar-refractivity contribution in [2.24, 2.45) is 5.92 Å². The van der Waals surface area contributed by atoms with Crippen molar-refractivity contribution in [3.63, 3.8) is 0 Å². The maximum atomic E-state index is 12.0. The second kappa shape index (κ2) is 3.62. The Balaban J connectivity index is 2.18. The Kier molecular flexibility index (Phi) is 2.65. The lowest BCUT2D eigenvalue weighted by Gasteiger charge is -2.37. The van der Waals surface area contributed by atoms with E-state index < -0.39 is 29.8 Å². The number of halogens is 3. The fraction of sp³-hybridized carbons (Fsp3) is 0.800. The number of β-amino-alcohol motifs (C(OH)–C–C–N with tert-alkyl or cyclic N) is 1. The molecule has 2 fully saturated rings. The van der Waals surface area contributed by atoms with E-state index in [-0.39, 0.29) is 6.54 Å². The van der Waals surface area contributed by atoms with Crippen LogP contribution in [0.5, 0.6) is 0 Å². The number of alkyl halides is 3. The Morgan fingerprint density at radius 2 is 1.88 bits per heavy atom. The molecule has 0 bridgehead atoms. The molecule has 0 aromatic rings. The third-order valence-electron chi connectivity index (χ3n) is 3.15. The molecule has 90 valence electrons. The van der Waals surface area contributed by atoms with E-state index in [9.17, 15) is 23.4 Å². The lowest BCUT2D eigenvalue weighted by Crippen LogP contribution is -2.57. The SMILES string of the molecule is O[C@H]1[C@H](O)CNC2(CC2)[C@@H]1C#CC(F)(F)F. The highest BCUT2D eigenvalue weighted by Gasteiger charge is 2.55. The Labute approximate surface area is 90.6 Å². The van der Waals surface area contributed by atoms with Gasteiger partial charge in [-0.3, -0.25) is 0 Å². The zero-order valence-corrected chi connectivity index (χ0v) is 8.38. The minimum atomic E-state index is -4.56. The van der Waals surface area contributed by atoms with E-state index >= 15 is 0 Å². The van der Waals surface area contributed by atoms with E-state index in [1.165, 1.54) is 5.92 Å². The molecule has 0 aromatic carbocycles. The molecular weight excluding hydrogens is 223 g/mol. The molecule has 0 radical (unpaired) electrons. The van der Waals surface area contributed by atoms with Gasteiger partial charge in [0, 0.05) is 18.0 Å². The highest BCUT2D eigenvalue weighted by Crippen LogP contribution is 2.46. The lowest BCUT2D eigenvalue weighted by atomic mass is 9.85. The Hall–Kier alpha value is -0.770. The first-order valence-corrected chi connectivity index (χ1v) is 5.05. The predicted molar refractivity (Wildman–Crippen MR) is 49.3 cm³/mol. The first kappa shape index (κ1) is 11.7. The second-order valence-corrected chi connectivity index (χ2v) is 4.34. The van der Waals surface area contributed by atoms with Crippen LogP contribution >= 0.6 is 0 Å². The van der Waals surface area contributed by atoms with Crippen LogP contribution in [0.2, 0.25) is 0 Å². The maximum absolute atomic E-state index is 12.0. The number of hydrogen-bond acceptors (Lipinski definition) is 3. The van der Waals surface area contributed by atoms with Crippen molar-refractivity contribution < 1.29 is 23.4 Å². The molecule has 0 unspecified atom stereocenters. The molecule has 3 atom stereocenters. The van der Waals surface area contributed by atoms with Gasteiger partial charge in [-0.2, -0.15) is 13.2 Å². The number of hydrogen-bond donors (Lipinski definition) is 3. The Morgan fingerprint density at radius 3 is 2.38 bits per heavy atom. The molecule has 2 aliphatic rings. The first-order valence-electron chi connectivity index (χ1n) is 5.05. The van der Waals surface area contributed by atoms with Crippen LogP contribution in [-0.2, 0) is 0 Å². The summed E-state index contributed by atoms with van der Waals surface area (Å²) in [6.07, 6.45) is -5.45. The van der Waals surface area contributed by atoms with Crippen molar-refractivity contribution in [1.82, 2.24) is 5.32 Å². The first-order chi connectivity index (χ1) is 7.34. The van der Waals surface area contributed by atoms with Crippen LogP contribution in [0, 0.1) is 17.8 Å². The molecule has 0 amide bonds. The molecule has 3 nitrogen and oxygen atoms in total. The molecule has 16 heavy (non-hydrogen) atoms. The number of aliphatic hydroxyl groups is 2. The Morgan fingerprint density at radius 1 is 1.25 bits per heavy atom. The monoisotopic (exact) mass is 235 g/mol. The summed E-state index contributed by atoms with van der Waals surface area (Å²) < 4.78 is 35.9. The largest absolute Gasteiger partial charge is 0.457 e. The lowest BCUT2D eigenvalue weighted by molar-refractivity contribution is -0.0708. The van der Waals surface area contributed by atoms with Crippen molar-refractivity contribution in [2.75, 3.05) is 6.54 Å². The third-order valence-corrected chi connectivity index (χ3v) is 3.15. The molecule has 1 heterocycles. The summed E-state index contributed by atoms with van der Waals surface area (Å²) in [5, 5.41) is 22.0. The van der Waals surface area contributed by atoms with Gasteiger partial charge in [-0.1, -0.05) is 5.92 Å². The summed E-state index contributed by atoms with van der Waals surface area (Å²) in [5.41, 5.74) is -0.517. The van der Waals surface area contributed by atoms with Gasteiger partial charge in [-0.05, 0) is 12.8 Å². The predicted octanol–water partition coefficient (Wildman–Crippen LogP) is 0.0259. The third kappa shape index (κ3) is 2.17. The minimum Gasteiger partial charge on any atom is -0.389 e. The number of rotatable bonds is 0. The Bertz CT molecular complexity index is 340. The van der Waals surface area contributed by atoms with Gasteiger partial charge >= 0.3 is 6.18 Å². The molecule has 1 spiro atoms. The van der Waals surface area contributed by atoms with E-state index in [1.54, 1.807) is 0 Å². The summed E-state index contributed by atoms with van der Waals surface area (Å²) in [7, 11) is 0. The van der Waals surface area contributed by atoms with Gasteiger partial charge in [-0.15, -0.1) is 0 Å². The van der Waals surface area contributed by atoms with Crippen molar-refractivity contribution >= 4 is 0 Å². The van der Waals surface area contributed by atoms with Gasteiger partial charge < -0.3 is 15.5 Å². The standard InChI is InChI=1S/C10H12F3NO2/c11-10(12,13)2-1-6-8(16)7(15)5-14-9(6)3-4-9/h6-8,14-16H,3-5H2/t6-,7-,8-/m1/s1. The van der Waals surface area contributed by atoms with Crippen LogP contribution in [-0.4, -0.2) is 40.7 Å². The highest BCUT2D eigenvalue weighted by atomic mass is 19.4. The topological polar surface area (TPSA) is 52.5 Å². The van der Waals surface area contributed by atoms with Crippen LogP contribution < -0.4 is 5.32 Å². The average molecular weight is 235 g/mol. The van der Waals surface area contributed by atoms with Crippen LogP contribution in [0.3, 0.4) is 0 Å². The van der Waals surface area contributed by atoms with Crippen LogP contribution in [0.1, 0.15) is 12.8 Å². The molecule has 6 heteroatoms.